The number of esters is 2. The van der Waals surface area contributed by atoms with Gasteiger partial charge in [-0.15, -0.1) is 0 Å². The van der Waals surface area contributed by atoms with Crippen LogP contribution in [0.4, 0.5) is 0 Å². The second-order valence-corrected chi connectivity index (χ2v) is 6.59. The van der Waals surface area contributed by atoms with Gasteiger partial charge >= 0.3 is 11.9 Å². The third-order valence-corrected chi connectivity index (χ3v) is 4.21. The van der Waals surface area contributed by atoms with Crippen molar-refractivity contribution in [1.82, 2.24) is 0 Å². The minimum absolute atomic E-state index is 0.226. The van der Waals surface area contributed by atoms with Crippen LogP contribution in [0.3, 0.4) is 0 Å². The Morgan fingerprint density at radius 2 is 1.43 bits per heavy atom. The van der Waals surface area contributed by atoms with E-state index in [9.17, 15) is 9.59 Å². The predicted molar refractivity (Wildman–Crippen MR) is 76.6 cm³/mol. The molecule has 5 nitrogen and oxygen atoms in total. The monoisotopic (exact) mass is 298 g/mol. The zero-order valence-corrected chi connectivity index (χ0v) is 13.1. The molecule has 5 heteroatoms. The number of carbonyl (C=O) groups excluding carboxylic acids is 2. The Hall–Kier alpha value is -1.10. The fourth-order valence-corrected chi connectivity index (χ4v) is 2.92. The van der Waals surface area contributed by atoms with Gasteiger partial charge in [0.2, 0.25) is 0 Å². The number of cyclic esters (lactones) is 2. The van der Waals surface area contributed by atoms with Crippen LogP contribution < -0.4 is 0 Å². The van der Waals surface area contributed by atoms with Crippen LogP contribution in [0.5, 0.6) is 0 Å². The van der Waals surface area contributed by atoms with Gasteiger partial charge in [-0.2, -0.15) is 0 Å². The molecule has 1 saturated carbocycles. The van der Waals surface area contributed by atoms with Crippen LogP contribution in [-0.2, 0) is 23.8 Å². The van der Waals surface area contributed by atoms with Gasteiger partial charge in [0.1, 0.15) is 6.61 Å². The molecule has 1 aliphatic heterocycles. The molecule has 2 aliphatic rings. The number of hydrogen-bond donors (Lipinski definition) is 0. The predicted octanol–water partition coefficient (Wildman–Crippen LogP) is 2.47. The molecule has 0 aromatic carbocycles. The highest BCUT2D eigenvalue weighted by Gasteiger charge is 2.38. The zero-order chi connectivity index (χ0) is 15.3. The lowest BCUT2D eigenvalue weighted by Gasteiger charge is -2.30. The van der Waals surface area contributed by atoms with E-state index in [4.69, 9.17) is 14.2 Å². The molecule has 0 aromatic rings. The zero-order valence-electron chi connectivity index (χ0n) is 13.1. The number of carbonyl (C=O) groups is 2. The molecule has 0 spiro atoms. The number of hydrogen-bond acceptors (Lipinski definition) is 5. The van der Waals surface area contributed by atoms with Gasteiger partial charge in [-0.3, -0.25) is 9.59 Å². The third kappa shape index (κ3) is 4.70. The van der Waals surface area contributed by atoms with Crippen LogP contribution in [0.2, 0.25) is 0 Å². The van der Waals surface area contributed by atoms with E-state index in [2.05, 4.69) is 0 Å². The number of rotatable bonds is 0. The largest absolute Gasteiger partial charge is 0.465 e. The van der Waals surface area contributed by atoms with Gasteiger partial charge < -0.3 is 14.2 Å². The Bertz CT molecular complexity index is 377. The molecule has 0 N–H and O–H groups in total. The molecule has 0 aromatic heterocycles. The van der Waals surface area contributed by atoms with Crippen molar-refractivity contribution in [3.05, 3.63) is 0 Å². The van der Waals surface area contributed by atoms with Crippen molar-refractivity contribution >= 4 is 11.9 Å². The topological polar surface area (TPSA) is 61.8 Å². The minimum Gasteiger partial charge on any atom is -0.465 e. The Kier molecular flexibility index (Phi) is 5.62. The van der Waals surface area contributed by atoms with E-state index in [0.717, 1.165) is 32.1 Å². The molecule has 0 amide bonds. The lowest BCUT2D eigenvalue weighted by molar-refractivity contribution is -0.167. The van der Waals surface area contributed by atoms with Gasteiger partial charge in [0.15, 0.2) is 0 Å². The van der Waals surface area contributed by atoms with Crippen molar-refractivity contribution in [1.29, 1.82) is 0 Å². The normalized spacial score (nSPS) is 31.7. The fourth-order valence-electron chi connectivity index (χ4n) is 2.92. The van der Waals surface area contributed by atoms with E-state index in [1.165, 1.54) is 0 Å². The highest BCUT2D eigenvalue weighted by Crippen LogP contribution is 2.32. The quantitative estimate of drug-likeness (QED) is 0.643. The first-order valence-corrected chi connectivity index (χ1v) is 7.97. The van der Waals surface area contributed by atoms with E-state index in [-0.39, 0.29) is 30.4 Å². The van der Waals surface area contributed by atoms with E-state index < -0.39 is 5.60 Å². The van der Waals surface area contributed by atoms with Gasteiger partial charge in [-0.25, -0.2) is 0 Å². The second kappa shape index (κ2) is 7.25. The van der Waals surface area contributed by atoms with Gasteiger partial charge in [-0.05, 0) is 39.5 Å². The van der Waals surface area contributed by atoms with Gasteiger partial charge in [0.05, 0.1) is 24.0 Å². The molecule has 1 aliphatic carbocycles. The van der Waals surface area contributed by atoms with Crippen molar-refractivity contribution in [3.8, 4) is 0 Å². The molecule has 2 atom stereocenters. The summed E-state index contributed by atoms with van der Waals surface area (Å²) in [6.45, 7) is 5.04. The Balaban J connectivity index is 2.07. The first-order chi connectivity index (χ1) is 9.99. The summed E-state index contributed by atoms with van der Waals surface area (Å²) >= 11 is 0. The summed E-state index contributed by atoms with van der Waals surface area (Å²) in [6.07, 6.45) is 4.98. The summed E-state index contributed by atoms with van der Waals surface area (Å²) in [5, 5.41) is 0. The maximum Gasteiger partial charge on any atom is 0.309 e. The number of ether oxygens (including phenoxy) is 3. The summed E-state index contributed by atoms with van der Waals surface area (Å²) in [4.78, 5) is 24.5. The van der Waals surface area contributed by atoms with E-state index >= 15 is 0 Å². The van der Waals surface area contributed by atoms with Crippen molar-refractivity contribution in [2.45, 2.75) is 58.0 Å². The lowest BCUT2D eigenvalue weighted by Crippen LogP contribution is -2.38. The Morgan fingerprint density at radius 1 is 0.857 bits per heavy atom. The summed E-state index contributed by atoms with van der Waals surface area (Å²) in [7, 11) is 0. The average Bonchev–Trinajstić information content (AvgIpc) is 2.48. The summed E-state index contributed by atoms with van der Waals surface area (Å²) in [6, 6.07) is 0. The second-order valence-electron chi connectivity index (χ2n) is 6.59. The molecule has 0 bridgehead atoms. The fraction of sp³-hybridized carbons (Fsp3) is 0.875. The van der Waals surface area contributed by atoms with Crippen LogP contribution in [0.25, 0.3) is 0 Å². The Labute approximate surface area is 126 Å². The van der Waals surface area contributed by atoms with Crippen LogP contribution in [-0.4, -0.2) is 37.4 Å². The minimum atomic E-state index is -0.487. The maximum absolute atomic E-state index is 12.3. The molecule has 21 heavy (non-hydrogen) atoms. The van der Waals surface area contributed by atoms with E-state index in [1.54, 1.807) is 0 Å². The van der Waals surface area contributed by atoms with Crippen LogP contribution in [0.15, 0.2) is 0 Å². The van der Waals surface area contributed by atoms with Crippen LogP contribution in [0.1, 0.15) is 52.4 Å². The molecule has 2 rings (SSSR count). The first kappa shape index (κ1) is 16.3. The molecule has 2 fully saturated rings. The summed E-state index contributed by atoms with van der Waals surface area (Å²) in [5.74, 6) is -1.22. The highest BCUT2D eigenvalue weighted by molar-refractivity contribution is 5.82. The van der Waals surface area contributed by atoms with Crippen LogP contribution >= 0.6 is 0 Å². The Morgan fingerprint density at radius 3 is 2.10 bits per heavy atom. The average molecular weight is 298 g/mol. The van der Waals surface area contributed by atoms with E-state index in [0.29, 0.717) is 19.6 Å². The molecular weight excluding hydrogens is 272 g/mol. The number of fused-ring (bicyclic) bond motifs is 1. The lowest BCUT2D eigenvalue weighted by atomic mass is 9.79. The molecule has 2 unspecified atom stereocenters. The van der Waals surface area contributed by atoms with Crippen molar-refractivity contribution < 1.29 is 23.8 Å². The van der Waals surface area contributed by atoms with Crippen molar-refractivity contribution in [3.63, 3.8) is 0 Å². The first-order valence-electron chi connectivity index (χ1n) is 7.97. The summed E-state index contributed by atoms with van der Waals surface area (Å²) < 4.78 is 16.5. The molecule has 0 radical (unpaired) electrons. The molecule has 1 saturated heterocycles. The van der Waals surface area contributed by atoms with Gasteiger partial charge in [-0.1, -0.05) is 12.8 Å². The molecular formula is C16H26O5. The third-order valence-electron chi connectivity index (χ3n) is 4.21. The summed E-state index contributed by atoms with van der Waals surface area (Å²) in [5.41, 5.74) is -0.487. The molecule has 120 valence electrons. The smallest absolute Gasteiger partial charge is 0.309 e. The van der Waals surface area contributed by atoms with Crippen molar-refractivity contribution in [2.75, 3.05) is 19.8 Å². The SMILES string of the molecule is CC1(C)COC(=O)C2CCCCC2C(=O)OCCCCO1. The van der Waals surface area contributed by atoms with Gasteiger partial charge in [0.25, 0.3) is 0 Å². The highest BCUT2D eigenvalue weighted by atomic mass is 16.6. The maximum atomic E-state index is 12.3. The van der Waals surface area contributed by atoms with Gasteiger partial charge in [0, 0.05) is 6.61 Å². The van der Waals surface area contributed by atoms with E-state index in [1.807, 2.05) is 13.8 Å². The standard InChI is InChI=1S/C16H26O5/c1-16(2)11-20-15(18)13-8-4-3-7-12(13)14(17)19-9-5-6-10-21-16/h12-13H,3-11H2,1-2H3. The van der Waals surface area contributed by atoms with Crippen molar-refractivity contribution in [2.24, 2.45) is 11.8 Å². The molecule has 1 heterocycles. The van der Waals surface area contributed by atoms with Crippen LogP contribution in [0, 0.1) is 11.8 Å².